The van der Waals surface area contributed by atoms with Crippen LogP contribution in [0, 0.1) is 5.92 Å². The highest BCUT2D eigenvalue weighted by molar-refractivity contribution is 6.10. The van der Waals surface area contributed by atoms with Crippen LogP contribution < -0.4 is 0 Å². The average Bonchev–Trinajstić information content (AvgIpc) is 2.84. The predicted molar refractivity (Wildman–Crippen MR) is 79.8 cm³/mol. The van der Waals surface area contributed by atoms with Crippen molar-refractivity contribution in [2.24, 2.45) is 5.92 Å². The third-order valence-corrected chi connectivity index (χ3v) is 4.41. The van der Waals surface area contributed by atoms with Crippen molar-refractivity contribution in [1.82, 2.24) is 0 Å². The number of Topliss-reactive ketones (excluding diaryl/α,β-unsaturated/α-hetero) is 1. The van der Waals surface area contributed by atoms with Gasteiger partial charge >= 0.3 is 0 Å². The molecule has 0 radical (unpaired) electrons. The van der Waals surface area contributed by atoms with Crippen LogP contribution in [-0.2, 0) is 12.8 Å². The summed E-state index contributed by atoms with van der Waals surface area (Å²) in [7, 11) is 0. The fourth-order valence-electron chi connectivity index (χ4n) is 3.06. The lowest BCUT2D eigenvalue weighted by molar-refractivity contribution is 0.0965. The van der Waals surface area contributed by atoms with E-state index in [9.17, 15) is 4.79 Å². The standard InChI is InChI=1S/C18H20O/c1-3-12(2)11-17(19)15-10-9-14-8-7-13-5-4-6-16(15)18(13)14/h4-6,9-10,12H,3,7-8,11H2,1-2H3. The molecule has 98 valence electrons. The molecule has 1 aliphatic rings. The first-order chi connectivity index (χ1) is 9.20. The molecule has 0 heterocycles. The minimum atomic E-state index is 0.296. The van der Waals surface area contributed by atoms with Gasteiger partial charge in [-0.1, -0.05) is 50.6 Å². The van der Waals surface area contributed by atoms with Gasteiger partial charge in [0.05, 0.1) is 0 Å². The lowest BCUT2D eigenvalue weighted by atomic mass is 9.93. The number of carbonyl (C=O) groups is 1. The van der Waals surface area contributed by atoms with Gasteiger partial charge in [0.15, 0.2) is 5.78 Å². The van der Waals surface area contributed by atoms with Gasteiger partial charge < -0.3 is 0 Å². The molecule has 0 spiro atoms. The number of hydrogen-bond donors (Lipinski definition) is 0. The lowest BCUT2D eigenvalue weighted by Crippen LogP contribution is -2.06. The van der Waals surface area contributed by atoms with Crippen molar-refractivity contribution >= 4 is 16.6 Å². The fourth-order valence-corrected chi connectivity index (χ4v) is 3.06. The number of benzene rings is 2. The maximum absolute atomic E-state index is 12.5. The second kappa shape index (κ2) is 4.80. The second-order valence-electron chi connectivity index (χ2n) is 5.75. The average molecular weight is 252 g/mol. The lowest BCUT2D eigenvalue weighted by Gasteiger charge is -2.11. The molecule has 3 rings (SSSR count). The van der Waals surface area contributed by atoms with Crippen LogP contribution in [0.15, 0.2) is 30.3 Å². The number of carbonyl (C=O) groups excluding carboxylic acids is 1. The van der Waals surface area contributed by atoms with Crippen molar-refractivity contribution in [3.05, 3.63) is 47.0 Å². The molecule has 0 bridgehead atoms. The van der Waals surface area contributed by atoms with Crippen molar-refractivity contribution in [2.45, 2.75) is 39.5 Å². The van der Waals surface area contributed by atoms with Gasteiger partial charge in [-0.25, -0.2) is 0 Å². The summed E-state index contributed by atoms with van der Waals surface area (Å²) in [5.74, 6) is 0.764. The van der Waals surface area contributed by atoms with Gasteiger partial charge in [-0.2, -0.15) is 0 Å². The Morgan fingerprint density at radius 1 is 1.16 bits per heavy atom. The molecule has 1 heteroatoms. The fraction of sp³-hybridized carbons (Fsp3) is 0.389. The van der Waals surface area contributed by atoms with E-state index < -0.39 is 0 Å². The Bertz CT molecular complexity index is 629. The maximum Gasteiger partial charge on any atom is 0.163 e. The molecule has 0 saturated carbocycles. The van der Waals surface area contributed by atoms with E-state index in [0.29, 0.717) is 18.1 Å². The van der Waals surface area contributed by atoms with Crippen LogP contribution in [0.25, 0.3) is 10.8 Å². The van der Waals surface area contributed by atoms with E-state index in [1.54, 1.807) is 0 Å². The highest BCUT2D eigenvalue weighted by Crippen LogP contribution is 2.33. The van der Waals surface area contributed by atoms with Crippen LogP contribution in [0.4, 0.5) is 0 Å². The molecular formula is C18H20O. The topological polar surface area (TPSA) is 17.1 Å². The maximum atomic E-state index is 12.5. The van der Waals surface area contributed by atoms with E-state index in [2.05, 4.69) is 38.1 Å². The Morgan fingerprint density at radius 3 is 2.63 bits per heavy atom. The molecule has 0 N–H and O–H groups in total. The zero-order valence-corrected chi connectivity index (χ0v) is 11.7. The van der Waals surface area contributed by atoms with Gasteiger partial charge in [0.1, 0.15) is 0 Å². The number of hydrogen-bond acceptors (Lipinski definition) is 1. The third-order valence-electron chi connectivity index (χ3n) is 4.41. The van der Waals surface area contributed by atoms with Gasteiger partial charge in [-0.05, 0) is 40.7 Å². The number of aryl methyl sites for hydroxylation is 2. The molecule has 19 heavy (non-hydrogen) atoms. The van der Waals surface area contributed by atoms with Crippen LogP contribution >= 0.6 is 0 Å². The smallest absolute Gasteiger partial charge is 0.163 e. The van der Waals surface area contributed by atoms with Crippen molar-refractivity contribution in [1.29, 1.82) is 0 Å². The summed E-state index contributed by atoms with van der Waals surface area (Å²) in [5, 5.41) is 2.51. The van der Waals surface area contributed by atoms with Crippen molar-refractivity contribution in [3.63, 3.8) is 0 Å². The molecule has 1 atom stereocenters. The number of rotatable bonds is 4. The van der Waals surface area contributed by atoms with Gasteiger partial charge in [0.25, 0.3) is 0 Å². The van der Waals surface area contributed by atoms with Crippen LogP contribution in [-0.4, -0.2) is 5.78 Å². The zero-order chi connectivity index (χ0) is 13.4. The first kappa shape index (κ1) is 12.4. The highest BCUT2D eigenvalue weighted by Gasteiger charge is 2.19. The summed E-state index contributed by atoms with van der Waals surface area (Å²) in [4.78, 5) is 12.5. The molecule has 1 unspecified atom stereocenters. The SMILES string of the molecule is CCC(C)CC(=O)c1ccc2c3c(cccc13)CC2. The monoisotopic (exact) mass is 252 g/mol. The molecule has 0 aromatic heterocycles. The Morgan fingerprint density at radius 2 is 1.89 bits per heavy atom. The Kier molecular flexibility index (Phi) is 3.14. The van der Waals surface area contributed by atoms with E-state index in [1.165, 1.54) is 21.9 Å². The van der Waals surface area contributed by atoms with E-state index in [-0.39, 0.29) is 0 Å². The predicted octanol–water partition coefficient (Wildman–Crippen LogP) is 4.56. The van der Waals surface area contributed by atoms with E-state index in [4.69, 9.17) is 0 Å². The molecular weight excluding hydrogens is 232 g/mol. The molecule has 0 fully saturated rings. The first-order valence-electron chi connectivity index (χ1n) is 7.27. The van der Waals surface area contributed by atoms with Crippen LogP contribution in [0.2, 0.25) is 0 Å². The summed E-state index contributed by atoms with van der Waals surface area (Å²) in [6.45, 7) is 4.30. The Labute approximate surface area is 114 Å². The molecule has 2 aromatic rings. The molecule has 1 nitrogen and oxygen atoms in total. The van der Waals surface area contributed by atoms with Gasteiger partial charge in [-0.3, -0.25) is 4.79 Å². The van der Waals surface area contributed by atoms with E-state index >= 15 is 0 Å². The Hall–Kier alpha value is -1.63. The summed E-state index contributed by atoms with van der Waals surface area (Å²) in [6, 6.07) is 10.6. The summed E-state index contributed by atoms with van der Waals surface area (Å²) in [6.07, 6.45) is 3.97. The normalized spacial score (nSPS) is 14.8. The molecule has 1 aliphatic carbocycles. The molecule has 0 amide bonds. The van der Waals surface area contributed by atoms with Crippen LogP contribution in [0.5, 0.6) is 0 Å². The first-order valence-corrected chi connectivity index (χ1v) is 7.27. The van der Waals surface area contributed by atoms with E-state index in [1.807, 2.05) is 6.07 Å². The minimum Gasteiger partial charge on any atom is -0.294 e. The zero-order valence-electron chi connectivity index (χ0n) is 11.7. The van der Waals surface area contributed by atoms with Crippen molar-refractivity contribution in [2.75, 3.05) is 0 Å². The molecule has 0 saturated heterocycles. The second-order valence-corrected chi connectivity index (χ2v) is 5.75. The number of ketones is 1. The molecule has 2 aromatic carbocycles. The van der Waals surface area contributed by atoms with Crippen LogP contribution in [0.3, 0.4) is 0 Å². The van der Waals surface area contributed by atoms with Crippen molar-refractivity contribution in [3.8, 4) is 0 Å². The minimum absolute atomic E-state index is 0.296. The summed E-state index contributed by atoms with van der Waals surface area (Å²) >= 11 is 0. The highest BCUT2D eigenvalue weighted by atomic mass is 16.1. The van der Waals surface area contributed by atoms with E-state index in [0.717, 1.165) is 24.8 Å². The van der Waals surface area contributed by atoms with Gasteiger partial charge in [-0.15, -0.1) is 0 Å². The van der Waals surface area contributed by atoms with Gasteiger partial charge in [0.2, 0.25) is 0 Å². The van der Waals surface area contributed by atoms with Crippen molar-refractivity contribution < 1.29 is 4.79 Å². The molecule has 0 aliphatic heterocycles. The van der Waals surface area contributed by atoms with Crippen LogP contribution in [0.1, 0.15) is 48.2 Å². The quantitative estimate of drug-likeness (QED) is 0.729. The third kappa shape index (κ3) is 2.07. The largest absolute Gasteiger partial charge is 0.294 e. The summed E-state index contributed by atoms with van der Waals surface area (Å²) < 4.78 is 0. The van der Waals surface area contributed by atoms with Gasteiger partial charge in [0, 0.05) is 12.0 Å². The Balaban J connectivity index is 2.08. The summed E-state index contributed by atoms with van der Waals surface area (Å²) in [5.41, 5.74) is 3.74.